The van der Waals surface area contributed by atoms with E-state index >= 15 is 0 Å². The second kappa shape index (κ2) is 8.41. The molecule has 0 aromatic heterocycles. The van der Waals surface area contributed by atoms with Gasteiger partial charge >= 0.3 is 0 Å². The van der Waals surface area contributed by atoms with Crippen LogP contribution in [0.1, 0.15) is 32.1 Å². The van der Waals surface area contributed by atoms with E-state index in [9.17, 15) is 13.6 Å². The zero-order valence-corrected chi connectivity index (χ0v) is 9.35. The van der Waals surface area contributed by atoms with E-state index in [1.54, 1.807) is 0 Å². The van der Waals surface area contributed by atoms with Gasteiger partial charge in [-0.05, 0) is 19.4 Å². The summed E-state index contributed by atoms with van der Waals surface area (Å²) in [6.07, 6.45) is 3.67. The maximum Gasteiger partial charge on any atom is 0.287 e. The average molecular weight is 238 g/mol. The molecule has 0 spiro atoms. The van der Waals surface area contributed by atoms with Gasteiger partial charge in [-0.15, -0.1) is 0 Å². The molecule has 6 heteroatoms. The number of carbonyl (C=O) groups excluding carboxylic acids is 1. The first-order valence-electron chi connectivity index (χ1n) is 5.47. The Bertz CT molecular complexity index is 201. The predicted molar refractivity (Wildman–Crippen MR) is 57.2 cm³/mol. The van der Waals surface area contributed by atoms with Gasteiger partial charge in [0.25, 0.3) is 5.92 Å². The summed E-state index contributed by atoms with van der Waals surface area (Å²) < 4.78 is 25.0. The summed E-state index contributed by atoms with van der Waals surface area (Å²) in [6.45, 7) is -1.41. The number of hydrogen-bond donors (Lipinski definition) is 3. The summed E-state index contributed by atoms with van der Waals surface area (Å²) >= 11 is 0. The Kier molecular flexibility index (Phi) is 8.01. The summed E-state index contributed by atoms with van der Waals surface area (Å²) in [5, 5.41) is 10.4. The molecule has 0 unspecified atom stereocenters. The van der Waals surface area contributed by atoms with Crippen LogP contribution in [0.2, 0.25) is 0 Å². The Morgan fingerprint density at radius 1 is 1.25 bits per heavy atom. The Morgan fingerprint density at radius 3 is 2.44 bits per heavy atom. The SMILES string of the molecule is NCCCCCCC(=O)NCC(F)(F)CO. The number of halogens is 2. The highest BCUT2D eigenvalue weighted by Gasteiger charge is 2.27. The lowest BCUT2D eigenvalue weighted by atomic mass is 10.1. The fourth-order valence-corrected chi connectivity index (χ4v) is 1.16. The number of unbranched alkanes of at least 4 members (excludes halogenated alkanes) is 3. The van der Waals surface area contributed by atoms with Gasteiger partial charge in [-0.2, -0.15) is 0 Å². The Labute approximate surface area is 94.2 Å². The highest BCUT2D eigenvalue weighted by atomic mass is 19.3. The van der Waals surface area contributed by atoms with E-state index in [0.29, 0.717) is 13.0 Å². The first-order valence-corrected chi connectivity index (χ1v) is 5.47. The number of hydrogen-bond acceptors (Lipinski definition) is 3. The summed E-state index contributed by atoms with van der Waals surface area (Å²) in [7, 11) is 0. The molecule has 0 bridgehead atoms. The molecule has 96 valence electrons. The Balaban J connectivity index is 3.45. The number of carbonyl (C=O) groups is 1. The lowest BCUT2D eigenvalue weighted by molar-refractivity contribution is -0.124. The van der Waals surface area contributed by atoms with Crippen molar-refractivity contribution in [2.75, 3.05) is 19.7 Å². The van der Waals surface area contributed by atoms with Gasteiger partial charge in [-0.1, -0.05) is 12.8 Å². The molecule has 4 nitrogen and oxygen atoms in total. The van der Waals surface area contributed by atoms with Crippen molar-refractivity contribution in [3.63, 3.8) is 0 Å². The molecular weight excluding hydrogens is 218 g/mol. The van der Waals surface area contributed by atoms with Crippen LogP contribution in [-0.2, 0) is 4.79 Å². The van der Waals surface area contributed by atoms with Crippen LogP contribution in [0.5, 0.6) is 0 Å². The molecular formula is C10H20F2N2O2. The van der Waals surface area contributed by atoms with Crippen molar-refractivity contribution in [3.8, 4) is 0 Å². The Hall–Kier alpha value is -0.750. The molecule has 0 saturated heterocycles. The molecule has 0 aliphatic carbocycles. The number of aliphatic hydroxyl groups is 1. The van der Waals surface area contributed by atoms with Gasteiger partial charge < -0.3 is 16.2 Å². The molecule has 0 radical (unpaired) electrons. The van der Waals surface area contributed by atoms with Crippen molar-refractivity contribution in [3.05, 3.63) is 0 Å². The second-order valence-electron chi connectivity index (χ2n) is 3.74. The minimum absolute atomic E-state index is 0.242. The highest BCUT2D eigenvalue weighted by Crippen LogP contribution is 2.10. The fraction of sp³-hybridized carbons (Fsp3) is 0.900. The third-order valence-electron chi connectivity index (χ3n) is 2.13. The smallest absolute Gasteiger partial charge is 0.287 e. The molecule has 0 rings (SSSR count). The number of nitrogens with one attached hydrogen (secondary N) is 1. The zero-order valence-electron chi connectivity index (χ0n) is 9.35. The van der Waals surface area contributed by atoms with Crippen LogP contribution >= 0.6 is 0 Å². The van der Waals surface area contributed by atoms with Gasteiger partial charge in [0.05, 0.1) is 6.54 Å². The van der Waals surface area contributed by atoms with Gasteiger partial charge in [0.2, 0.25) is 5.91 Å². The summed E-state index contributed by atoms with van der Waals surface area (Å²) in [6, 6.07) is 0. The molecule has 0 atom stereocenters. The predicted octanol–water partition coefficient (Wildman–Crippen LogP) is 0.639. The molecule has 0 heterocycles. The van der Waals surface area contributed by atoms with E-state index in [1.165, 1.54) is 0 Å². The molecule has 0 aliphatic rings. The van der Waals surface area contributed by atoms with Gasteiger partial charge in [0.1, 0.15) is 6.61 Å². The summed E-state index contributed by atoms with van der Waals surface area (Å²) in [5.74, 6) is -3.63. The standard InChI is InChI=1S/C10H20F2N2O2/c11-10(12,8-15)7-14-9(16)5-3-1-2-4-6-13/h15H,1-8,13H2,(H,14,16). The third-order valence-corrected chi connectivity index (χ3v) is 2.13. The van der Waals surface area contributed by atoms with E-state index in [-0.39, 0.29) is 6.42 Å². The highest BCUT2D eigenvalue weighted by molar-refractivity contribution is 5.75. The van der Waals surface area contributed by atoms with Crippen LogP contribution in [-0.4, -0.2) is 36.6 Å². The van der Waals surface area contributed by atoms with Crippen LogP contribution in [0.15, 0.2) is 0 Å². The first kappa shape index (κ1) is 15.2. The van der Waals surface area contributed by atoms with Crippen molar-refractivity contribution < 1.29 is 18.7 Å². The summed E-state index contributed by atoms with van der Waals surface area (Å²) in [4.78, 5) is 11.1. The van der Waals surface area contributed by atoms with Crippen LogP contribution in [0.3, 0.4) is 0 Å². The van der Waals surface area contributed by atoms with Gasteiger partial charge in [0, 0.05) is 6.42 Å². The maximum absolute atomic E-state index is 12.5. The minimum Gasteiger partial charge on any atom is -0.390 e. The van der Waals surface area contributed by atoms with Gasteiger partial charge in [0.15, 0.2) is 0 Å². The van der Waals surface area contributed by atoms with Crippen LogP contribution in [0.25, 0.3) is 0 Å². The van der Waals surface area contributed by atoms with Crippen molar-refractivity contribution >= 4 is 5.91 Å². The normalized spacial score (nSPS) is 11.5. The quantitative estimate of drug-likeness (QED) is 0.516. The van der Waals surface area contributed by atoms with E-state index in [4.69, 9.17) is 10.8 Å². The van der Waals surface area contributed by atoms with Gasteiger partial charge in [-0.3, -0.25) is 4.79 Å². The van der Waals surface area contributed by atoms with Crippen molar-refractivity contribution in [1.29, 1.82) is 0 Å². The summed E-state index contributed by atoms with van der Waals surface area (Å²) in [5.41, 5.74) is 5.30. The molecule has 0 aromatic rings. The molecule has 0 saturated carbocycles. The molecule has 1 amide bonds. The van der Waals surface area contributed by atoms with Crippen molar-refractivity contribution in [2.24, 2.45) is 5.73 Å². The fourth-order valence-electron chi connectivity index (χ4n) is 1.16. The first-order chi connectivity index (χ1) is 7.52. The topological polar surface area (TPSA) is 75.4 Å². The van der Waals surface area contributed by atoms with E-state index in [0.717, 1.165) is 19.3 Å². The minimum atomic E-state index is -3.23. The monoisotopic (exact) mass is 238 g/mol. The lowest BCUT2D eigenvalue weighted by Gasteiger charge is -2.13. The average Bonchev–Trinajstić information content (AvgIpc) is 2.26. The van der Waals surface area contributed by atoms with Crippen molar-refractivity contribution in [1.82, 2.24) is 5.32 Å². The van der Waals surface area contributed by atoms with E-state index < -0.39 is 25.0 Å². The van der Waals surface area contributed by atoms with Crippen LogP contribution < -0.4 is 11.1 Å². The maximum atomic E-state index is 12.5. The number of nitrogens with two attached hydrogens (primary N) is 1. The molecule has 0 aromatic carbocycles. The van der Waals surface area contributed by atoms with Crippen molar-refractivity contribution in [2.45, 2.75) is 38.0 Å². The third kappa shape index (κ3) is 8.55. The number of aliphatic hydroxyl groups excluding tert-OH is 1. The number of rotatable bonds is 9. The van der Waals surface area contributed by atoms with E-state index in [2.05, 4.69) is 5.32 Å². The molecule has 0 fully saturated rings. The molecule has 4 N–H and O–H groups in total. The molecule has 0 aliphatic heterocycles. The molecule has 16 heavy (non-hydrogen) atoms. The second-order valence-corrected chi connectivity index (χ2v) is 3.74. The Morgan fingerprint density at radius 2 is 1.88 bits per heavy atom. The number of alkyl halides is 2. The largest absolute Gasteiger partial charge is 0.390 e. The van der Waals surface area contributed by atoms with E-state index in [1.807, 2.05) is 0 Å². The lowest BCUT2D eigenvalue weighted by Crippen LogP contribution is -2.38. The number of amides is 1. The van der Waals surface area contributed by atoms with Crippen LogP contribution in [0, 0.1) is 0 Å². The van der Waals surface area contributed by atoms with Crippen LogP contribution in [0.4, 0.5) is 8.78 Å². The zero-order chi connectivity index (χ0) is 12.4. The van der Waals surface area contributed by atoms with Gasteiger partial charge in [-0.25, -0.2) is 8.78 Å².